The van der Waals surface area contributed by atoms with Gasteiger partial charge in [-0.3, -0.25) is 4.79 Å². The van der Waals surface area contributed by atoms with Gasteiger partial charge in [-0.2, -0.15) is 0 Å². The second-order valence-corrected chi connectivity index (χ2v) is 5.93. The van der Waals surface area contributed by atoms with Crippen LogP contribution in [0.25, 0.3) is 10.8 Å². The largest absolute Gasteiger partial charge is 0.481 e. The lowest BCUT2D eigenvalue weighted by molar-refractivity contribution is -0.127. The molecule has 122 valence electrons. The number of rotatable bonds is 5. The first-order valence-electron chi connectivity index (χ1n) is 8.11. The fourth-order valence-corrected chi connectivity index (χ4v) is 2.72. The van der Waals surface area contributed by atoms with Gasteiger partial charge in [0.2, 0.25) is 0 Å². The predicted molar refractivity (Wildman–Crippen MR) is 97.1 cm³/mol. The average Bonchev–Trinajstić information content (AvgIpc) is 2.59. The molecule has 0 heterocycles. The van der Waals surface area contributed by atoms with Gasteiger partial charge < -0.3 is 10.1 Å². The van der Waals surface area contributed by atoms with E-state index in [4.69, 9.17) is 4.74 Å². The van der Waals surface area contributed by atoms with Crippen LogP contribution in [0.4, 0.5) is 0 Å². The lowest BCUT2D eigenvalue weighted by Crippen LogP contribution is -2.35. The van der Waals surface area contributed by atoms with Gasteiger partial charge in [0.15, 0.2) is 6.10 Å². The maximum Gasteiger partial charge on any atom is 0.261 e. The van der Waals surface area contributed by atoms with Gasteiger partial charge in [-0.05, 0) is 47.9 Å². The molecular formula is C21H21NO2. The number of carbonyl (C=O) groups is 1. The number of aryl methyl sites for hydroxylation is 1. The summed E-state index contributed by atoms with van der Waals surface area (Å²) >= 11 is 0. The van der Waals surface area contributed by atoms with Crippen molar-refractivity contribution in [3.63, 3.8) is 0 Å². The molecule has 3 nitrogen and oxygen atoms in total. The van der Waals surface area contributed by atoms with Crippen LogP contribution in [-0.2, 0) is 11.3 Å². The highest BCUT2D eigenvalue weighted by molar-refractivity contribution is 5.86. The second kappa shape index (κ2) is 7.18. The lowest BCUT2D eigenvalue weighted by Gasteiger charge is -2.15. The highest BCUT2D eigenvalue weighted by atomic mass is 16.5. The summed E-state index contributed by atoms with van der Waals surface area (Å²) in [5.74, 6) is 0.590. The monoisotopic (exact) mass is 319 g/mol. The topological polar surface area (TPSA) is 38.3 Å². The number of amides is 1. The minimum atomic E-state index is -0.540. The molecule has 3 aromatic carbocycles. The Bertz CT molecular complexity index is 852. The van der Waals surface area contributed by atoms with Gasteiger partial charge >= 0.3 is 0 Å². The van der Waals surface area contributed by atoms with Gasteiger partial charge in [0.25, 0.3) is 5.91 Å². The molecular weight excluding hydrogens is 298 g/mol. The Morgan fingerprint density at radius 3 is 2.62 bits per heavy atom. The SMILES string of the molecule is Cc1cccc(O[C@H](C)C(=O)NCc2cccc3ccccc23)c1. The Hall–Kier alpha value is -2.81. The molecule has 0 aliphatic carbocycles. The van der Waals surface area contributed by atoms with Gasteiger partial charge in [-0.15, -0.1) is 0 Å². The van der Waals surface area contributed by atoms with Gasteiger partial charge in [0, 0.05) is 6.54 Å². The first-order chi connectivity index (χ1) is 11.6. The second-order valence-electron chi connectivity index (χ2n) is 5.93. The molecule has 0 fully saturated rings. The van der Waals surface area contributed by atoms with E-state index in [0.717, 1.165) is 16.5 Å². The van der Waals surface area contributed by atoms with Crippen molar-refractivity contribution in [3.05, 3.63) is 77.9 Å². The number of carbonyl (C=O) groups excluding carboxylic acids is 1. The van der Waals surface area contributed by atoms with Gasteiger partial charge in [-0.25, -0.2) is 0 Å². The molecule has 24 heavy (non-hydrogen) atoms. The third-order valence-electron chi connectivity index (χ3n) is 4.00. The van der Waals surface area contributed by atoms with Crippen LogP contribution in [0.2, 0.25) is 0 Å². The van der Waals surface area contributed by atoms with E-state index in [9.17, 15) is 4.79 Å². The van der Waals surface area contributed by atoms with Crippen molar-refractivity contribution in [3.8, 4) is 5.75 Å². The van der Waals surface area contributed by atoms with Crippen molar-refractivity contribution in [2.45, 2.75) is 26.5 Å². The van der Waals surface area contributed by atoms with Crippen LogP contribution >= 0.6 is 0 Å². The van der Waals surface area contributed by atoms with Crippen LogP contribution < -0.4 is 10.1 Å². The molecule has 0 unspecified atom stereocenters. The molecule has 1 N–H and O–H groups in total. The Morgan fingerprint density at radius 1 is 1.04 bits per heavy atom. The van der Waals surface area contributed by atoms with E-state index in [2.05, 4.69) is 23.5 Å². The summed E-state index contributed by atoms with van der Waals surface area (Å²) in [6, 6.07) is 22.0. The predicted octanol–water partition coefficient (Wildman–Crippen LogP) is 4.23. The first-order valence-corrected chi connectivity index (χ1v) is 8.11. The van der Waals surface area contributed by atoms with Crippen molar-refractivity contribution in [1.29, 1.82) is 0 Å². The maximum absolute atomic E-state index is 12.3. The molecule has 0 aliphatic heterocycles. The van der Waals surface area contributed by atoms with Gasteiger partial charge in [0.05, 0.1) is 0 Å². The van der Waals surface area contributed by atoms with Crippen LogP contribution in [0.3, 0.4) is 0 Å². The van der Waals surface area contributed by atoms with Crippen molar-refractivity contribution < 1.29 is 9.53 Å². The number of hydrogen-bond donors (Lipinski definition) is 1. The van der Waals surface area contributed by atoms with E-state index >= 15 is 0 Å². The molecule has 0 aliphatic rings. The minimum Gasteiger partial charge on any atom is -0.481 e. The normalized spacial score (nSPS) is 11.9. The van der Waals surface area contributed by atoms with E-state index in [-0.39, 0.29) is 5.91 Å². The summed E-state index contributed by atoms with van der Waals surface area (Å²) in [5, 5.41) is 5.30. The molecule has 0 saturated carbocycles. The molecule has 1 amide bonds. The number of nitrogens with one attached hydrogen (secondary N) is 1. The zero-order valence-electron chi connectivity index (χ0n) is 14.0. The standard InChI is InChI=1S/C21H21NO2/c1-15-7-5-11-19(13-15)24-16(2)21(23)22-14-18-10-6-9-17-8-3-4-12-20(17)18/h3-13,16H,14H2,1-2H3,(H,22,23)/t16-/m1/s1. The van der Waals surface area contributed by atoms with Gasteiger partial charge in [-0.1, -0.05) is 54.6 Å². The summed E-state index contributed by atoms with van der Waals surface area (Å²) in [6.07, 6.45) is -0.540. The molecule has 3 aromatic rings. The van der Waals surface area contributed by atoms with Crippen molar-refractivity contribution >= 4 is 16.7 Å². The average molecular weight is 319 g/mol. The van der Waals surface area contributed by atoms with Crippen molar-refractivity contribution in [2.75, 3.05) is 0 Å². The zero-order chi connectivity index (χ0) is 16.9. The molecule has 0 bridgehead atoms. The fraction of sp³-hybridized carbons (Fsp3) is 0.190. The quantitative estimate of drug-likeness (QED) is 0.764. The molecule has 0 spiro atoms. The highest BCUT2D eigenvalue weighted by Gasteiger charge is 2.14. The Labute approximate surface area is 142 Å². The molecule has 3 heteroatoms. The summed E-state index contributed by atoms with van der Waals surface area (Å²) in [4.78, 5) is 12.3. The molecule has 3 rings (SSSR count). The summed E-state index contributed by atoms with van der Waals surface area (Å²) in [5.41, 5.74) is 2.21. The van der Waals surface area contributed by atoms with E-state index in [1.165, 1.54) is 5.39 Å². The van der Waals surface area contributed by atoms with E-state index in [1.807, 2.05) is 55.5 Å². The van der Waals surface area contributed by atoms with Gasteiger partial charge in [0.1, 0.15) is 5.75 Å². The molecule has 0 saturated heterocycles. The third kappa shape index (κ3) is 3.74. The number of ether oxygens (including phenoxy) is 1. The Kier molecular flexibility index (Phi) is 4.80. The molecule has 0 aromatic heterocycles. The summed E-state index contributed by atoms with van der Waals surface area (Å²) < 4.78 is 5.72. The van der Waals surface area contributed by atoms with Crippen LogP contribution in [0.5, 0.6) is 5.75 Å². The Morgan fingerprint density at radius 2 is 1.79 bits per heavy atom. The fourth-order valence-electron chi connectivity index (χ4n) is 2.72. The number of fused-ring (bicyclic) bond motifs is 1. The number of benzene rings is 3. The smallest absolute Gasteiger partial charge is 0.261 e. The highest BCUT2D eigenvalue weighted by Crippen LogP contribution is 2.18. The Balaban J connectivity index is 1.64. The lowest BCUT2D eigenvalue weighted by atomic mass is 10.0. The van der Waals surface area contributed by atoms with E-state index < -0.39 is 6.10 Å². The molecule has 0 radical (unpaired) electrons. The van der Waals surface area contributed by atoms with Crippen LogP contribution in [0.1, 0.15) is 18.1 Å². The number of hydrogen-bond acceptors (Lipinski definition) is 2. The summed E-state index contributed by atoms with van der Waals surface area (Å²) in [6.45, 7) is 4.25. The van der Waals surface area contributed by atoms with E-state index in [1.54, 1.807) is 6.92 Å². The summed E-state index contributed by atoms with van der Waals surface area (Å²) in [7, 11) is 0. The van der Waals surface area contributed by atoms with Crippen LogP contribution in [0, 0.1) is 6.92 Å². The van der Waals surface area contributed by atoms with Crippen LogP contribution in [0.15, 0.2) is 66.7 Å². The van der Waals surface area contributed by atoms with E-state index in [0.29, 0.717) is 12.3 Å². The van der Waals surface area contributed by atoms with Crippen LogP contribution in [-0.4, -0.2) is 12.0 Å². The molecule has 1 atom stereocenters. The van der Waals surface area contributed by atoms with Crippen molar-refractivity contribution in [1.82, 2.24) is 5.32 Å². The van der Waals surface area contributed by atoms with Crippen molar-refractivity contribution in [2.24, 2.45) is 0 Å². The third-order valence-corrected chi connectivity index (χ3v) is 4.00. The maximum atomic E-state index is 12.3. The minimum absolute atomic E-state index is 0.121. The first kappa shape index (κ1) is 16.1. The zero-order valence-corrected chi connectivity index (χ0v) is 14.0.